The van der Waals surface area contributed by atoms with Gasteiger partial charge in [0.2, 0.25) is 6.29 Å². The molecule has 0 saturated carbocycles. The minimum absolute atomic E-state index is 0.0822. The maximum atomic E-state index is 9.65. The van der Waals surface area contributed by atoms with Crippen LogP contribution in [0.4, 0.5) is 0 Å². The van der Waals surface area contributed by atoms with Crippen molar-refractivity contribution in [2.24, 2.45) is 0 Å². The Balaban J connectivity index is 1.58. The van der Waals surface area contributed by atoms with Crippen molar-refractivity contribution < 1.29 is 19.3 Å². The SMILES string of the molecule is OC(COCCOc1ccc(Cl)cc1)Oc1ccccc1. The van der Waals surface area contributed by atoms with Crippen LogP contribution in [0.3, 0.4) is 0 Å². The van der Waals surface area contributed by atoms with E-state index in [1.54, 1.807) is 36.4 Å². The van der Waals surface area contributed by atoms with Crippen LogP contribution in [-0.4, -0.2) is 31.2 Å². The van der Waals surface area contributed by atoms with Crippen LogP contribution < -0.4 is 9.47 Å². The van der Waals surface area contributed by atoms with Crippen molar-refractivity contribution in [3.8, 4) is 11.5 Å². The van der Waals surface area contributed by atoms with Crippen LogP contribution in [-0.2, 0) is 4.74 Å². The molecule has 0 spiro atoms. The van der Waals surface area contributed by atoms with E-state index >= 15 is 0 Å². The van der Waals surface area contributed by atoms with Crippen molar-refractivity contribution >= 4 is 11.6 Å². The van der Waals surface area contributed by atoms with Gasteiger partial charge in [0.05, 0.1) is 6.61 Å². The van der Waals surface area contributed by atoms with Crippen molar-refractivity contribution in [2.75, 3.05) is 19.8 Å². The molecule has 21 heavy (non-hydrogen) atoms. The number of rotatable bonds is 8. The molecule has 2 aromatic rings. The molecule has 2 rings (SSSR count). The second-order valence-corrected chi connectivity index (χ2v) is 4.70. The minimum Gasteiger partial charge on any atom is -0.491 e. The second kappa shape index (κ2) is 8.52. The zero-order valence-electron chi connectivity index (χ0n) is 11.4. The van der Waals surface area contributed by atoms with E-state index in [4.69, 9.17) is 25.8 Å². The lowest BCUT2D eigenvalue weighted by Gasteiger charge is -2.14. The third kappa shape index (κ3) is 6.04. The lowest BCUT2D eigenvalue weighted by Crippen LogP contribution is -2.23. The molecule has 0 aliphatic carbocycles. The molecule has 1 unspecified atom stereocenters. The fourth-order valence-corrected chi connectivity index (χ4v) is 1.75. The van der Waals surface area contributed by atoms with E-state index in [0.29, 0.717) is 24.0 Å². The van der Waals surface area contributed by atoms with Crippen molar-refractivity contribution in [3.63, 3.8) is 0 Å². The summed E-state index contributed by atoms with van der Waals surface area (Å²) in [4.78, 5) is 0. The predicted octanol–water partition coefficient (Wildman–Crippen LogP) is 3.13. The molecule has 2 aromatic carbocycles. The molecule has 0 radical (unpaired) electrons. The van der Waals surface area contributed by atoms with E-state index < -0.39 is 6.29 Å². The molecule has 1 atom stereocenters. The molecule has 1 N–H and O–H groups in total. The van der Waals surface area contributed by atoms with Gasteiger partial charge in [0.15, 0.2) is 0 Å². The summed E-state index contributed by atoms with van der Waals surface area (Å²) < 4.78 is 16.0. The smallest absolute Gasteiger partial charge is 0.221 e. The first-order valence-electron chi connectivity index (χ1n) is 6.60. The summed E-state index contributed by atoms with van der Waals surface area (Å²) in [6.45, 7) is 0.830. The Bertz CT molecular complexity index is 516. The van der Waals surface area contributed by atoms with Crippen molar-refractivity contribution in [1.82, 2.24) is 0 Å². The number of ether oxygens (including phenoxy) is 3. The monoisotopic (exact) mass is 308 g/mol. The van der Waals surface area contributed by atoms with Gasteiger partial charge < -0.3 is 19.3 Å². The lowest BCUT2D eigenvalue weighted by atomic mass is 10.3. The van der Waals surface area contributed by atoms with Gasteiger partial charge in [-0.1, -0.05) is 29.8 Å². The fraction of sp³-hybridized carbons (Fsp3) is 0.250. The average molecular weight is 309 g/mol. The van der Waals surface area contributed by atoms with Crippen LogP contribution >= 0.6 is 11.6 Å². The zero-order chi connectivity index (χ0) is 14.9. The average Bonchev–Trinajstić information content (AvgIpc) is 2.50. The van der Waals surface area contributed by atoms with E-state index in [1.807, 2.05) is 18.2 Å². The van der Waals surface area contributed by atoms with Gasteiger partial charge >= 0.3 is 0 Å². The third-order valence-corrected chi connectivity index (χ3v) is 2.84. The highest BCUT2D eigenvalue weighted by Gasteiger charge is 2.05. The van der Waals surface area contributed by atoms with Crippen LogP contribution in [0.25, 0.3) is 0 Å². The molecule has 0 aliphatic heterocycles. The molecule has 0 aliphatic rings. The first-order valence-corrected chi connectivity index (χ1v) is 6.98. The molecule has 0 saturated heterocycles. The number of aliphatic hydroxyl groups is 1. The topological polar surface area (TPSA) is 47.9 Å². The Morgan fingerprint density at radius 3 is 2.33 bits per heavy atom. The second-order valence-electron chi connectivity index (χ2n) is 4.26. The maximum Gasteiger partial charge on any atom is 0.221 e. The van der Waals surface area contributed by atoms with Crippen molar-refractivity contribution in [3.05, 3.63) is 59.6 Å². The summed E-state index contributed by atoms with van der Waals surface area (Å²) in [5.74, 6) is 1.33. The van der Waals surface area contributed by atoms with Crippen LogP contribution in [0.15, 0.2) is 54.6 Å². The number of benzene rings is 2. The summed E-state index contributed by atoms with van der Waals surface area (Å²) >= 11 is 5.77. The van der Waals surface area contributed by atoms with Gasteiger partial charge in [-0.2, -0.15) is 0 Å². The fourth-order valence-electron chi connectivity index (χ4n) is 1.62. The molecule has 5 heteroatoms. The van der Waals surface area contributed by atoms with Gasteiger partial charge in [0, 0.05) is 5.02 Å². The quantitative estimate of drug-likeness (QED) is 0.601. The van der Waals surface area contributed by atoms with E-state index in [1.165, 1.54) is 0 Å². The van der Waals surface area contributed by atoms with Crippen molar-refractivity contribution in [2.45, 2.75) is 6.29 Å². The van der Waals surface area contributed by atoms with Gasteiger partial charge in [0.1, 0.15) is 24.7 Å². The Kier molecular flexibility index (Phi) is 6.34. The van der Waals surface area contributed by atoms with Gasteiger partial charge in [-0.15, -0.1) is 0 Å². The zero-order valence-corrected chi connectivity index (χ0v) is 12.2. The van der Waals surface area contributed by atoms with Gasteiger partial charge in [-0.25, -0.2) is 0 Å². The number of para-hydroxylation sites is 1. The highest BCUT2D eigenvalue weighted by atomic mass is 35.5. The molecule has 0 bridgehead atoms. The molecule has 112 valence electrons. The summed E-state index contributed by atoms with van der Waals surface area (Å²) in [6, 6.07) is 16.2. The summed E-state index contributed by atoms with van der Waals surface area (Å²) in [6.07, 6.45) is -0.997. The van der Waals surface area contributed by atoms with Crippen LogP contribution in [0.5, 0.6) is 11.5 Å². The molecule has 0 heterocycles. The van der Waals surface area contributed by atoms with E-state index in [2.05, 4.69) is 0 Å². The normalized spacial score (nSPS) is 11.9. The predicted molar refractivity (Wildman–Crippen MR) is 80.8 cm³/mol. The number of hydrogen-bond acceptors (Lipinski definition) is 4. The highest BCUT2D eigenvalue weighted by molar-refractivity contribution is 6.30. The number of aliphatic hydroxyl groups excluding tert-OH is 1. The van der Waals surface area contributed by atoms with Gasteiger partial charge in [0.25, 0.3) is 0 Å². The summed E-state index contributed by atoms with van der Waals surface area (Å²) in [7, 11) is 0. The Morgan fingerprint density at radius 1 is 0.905 bits per heavy atom. The van der Waals surface area contributed by atoms with Crippen LogP contribution in [0.2, 0.25) is 5.02 Å². The molecule has 0 aromatic heterocycles. The third-order valence-electron chi connectivity index (χ3n) is 2.59. The standard InChI is InChI=1S/C16H17ClO4/c17-13-6-8-14(9-7-13)20-11-10-19-12-16(18)21-15-4-2-1-3-5-15/h1-9,16,18H,10-12H2. The molecular weight excluding hydrogens is 292 g/mol. The first kappa shape index (κ1) is 15.6. The Hall–Kier alpha value is -1.75. The summed E-state index contributed by atoms with van der Waals surface area (Å²) in [5, 5.41) is 10.3. The lowest BCUT2D eigenvalue weighted by molar-refractivity contribution is -0.0800. The minimum atomic E-state index is -0.997. The van der Waals surface area contributed by atoms with Gasteiger partial charge in [-0.3, -0.25) is 0 Å². The largest absolute Gasteiger partial charge is 0.491 e. The van der Waals surface area contributed by atoms with Gasteiger partial charge in [-0.05, 0) is 36.4 Å². The van der Waals surface area contributed by atoms with Crippen LogP contribution in [0, 0.1) is 0 Å². The van der Waals surface area contributed by atoms with Crippen LogP contribution in [0.1, 0.15) is 0 Å². The Labute approximate surface area is 128 Å². The van der Waals surface area contributed by atoms with E-state index in [0.717, 1.165) is 5.75 Å². The van der Waals surface area contributed by atoms with E-state index in [-0.39, 0.29) is 6.61 Å². The summed E-state index contributed by atoms with van der Waals surface area (Å²) in [5.41, 5.74) is 0. The molecule has 0 amide bonds. The highest BCUT2D eigenvalue weighted by Crippen LogP contribution is 2.15. The molecule has 4 nitrogen and oxygen atoms in total. The molecular formula is C16H17ClO4. The maximum absolute atomic E-state index is 9.65. The number of halogens is 1. The molecule has 0 fully saturated rings. The van der Waals surface area contributed by atoms with Crippen molar-refractivity contribution in [1.29, 1.82) is 0 Å². The Morgan fingerprint density at radius 2 is 1.62 bits per heavy atom. The van der Waals surface area contributed by atoms with E-state index in [9.17, 15) is 5.11 Å². The number of hydrogen-bond donors (Lipinski definition) is 1. The first-order chi connectivity index (χ1) is 10.2.